The molecule has 1 aliphatic heterocycles. The van der Waals surface area contributed by atoms with Crippen LogP contribution in [0.25, 0.3) is 0 Å². The molecule has 0 aliphatic carbocycles. The van der Waals surface area contributed by atoms with Crippen molar-refractivity contribution in [1.82, 2.24) is 10.3 Å². The number of hydrogen-bond donors (Lipinski definition) is 2. The number of nitrogen functional groups attached to an aromatic ring is 1. The van der Waals surface area contributed by atoms with Crippen LogP contribution in [0.1, 0.15) is 35.7 Å². The van der Waals surface area contributed by atoms with Gasteiger partial charge in [0, 0.05) is 35.7 Å². The van der Waals surface area contributed by atoms with Crippen molar-refractivity contribution in [2.45, 2.75) is 38.6 Å². The number of amides is 1. The number of nitrogens with two attached hydrogens (primary N) is 1. The molecule has 0 radical (unpaired) electrons. The molecule has 0 spiro atoms. The lowest BCUT2D eigenvalue weighted by atomic mass is 10.1. The van der Waals surface area contributed by atoms with Crippen LogP contribution in [0.2, 0.25) is 0 Å². The van der Waals surface area contributed by atoms with E-state index < -0.39 is 0 Å². The Morgan fingerprint density at radius 2 is 2.37 bits per heavy atom. The maximum atomic E-state index is 11.4. The molecule has 0 bridgehead atoms. The molecule has 6 heteroatoms. The van der Waals surface area contributed by atoms with Crippen LogP contribution in [0, 0.1) is 6.92 Å². The quantitative estimate of drug-likeness (QED) is 0.500. The number of rotatable bonds is 3. The molecule has 0 aromatic carbocycles. The second-order valence-electron chi connectivity index (χ2n) is 4.95. The molecular weight excluding hydrogens is 262 g/mol. The lowest BCUT2D eigenvalue weighted by Crippen LogP contribution is -2.43. The minimum absolute atomic E-state index is 0.280. The molecule has 1 amide bonds. The average molecular weight is 283 g/mol. The van der Waals surface area contributed by atoms with Gasteiger partial charge in [0.05, 0.1) is 0 Å². The van der Waals surface area contributed by atoms with Crippen molar-refractivity contribution in [3.63, 3.8) is 0 Å². The predicted molar refractivity (Wildman–Crippen MR) is 76.9 cm³/mol. The van der Waals surface area contributed by atoms with Gasteiger partial charge in [-0.2, -0.15) is 11.8 Å². The number of hydrogen-bond acceptors (Lipinski definition) is 5. The Labute approximate surface area is 117 Å². The van der Waals surface area contributed by atoms with Gasteiger partial charge in [-0.3, -0.25) is 15.1 Å². The molecule has 2 heterocycles. The van der Waals surface area contributed by atoms with Crippen molar-refractivity contribution in [3.05, 3.63) is 23.2 Å². The summed E-state index contributed by atoms with van der Waals surface area (Å²) >= 11 is 2.01. The molecule has 1 aromatic rings. The van der Waals surface area contributed by atoms with Crippen LogP contribution < -0.4 is 11.3 Å². The van der Waals surface area contributed by atoms with Crippen LogP contribution in [0.15, 0.2) is 10.5 Å². The molecule has 2 rings (SSSR count). The molecule has 3 N–H and O–H groups in total. The molecule has 106 valence electrons. The largest absolute Gasteiger partial charge is 0.456 e. The lowest BCUT2D eigenvalue weighted by molar-refractivity contribution is 0.0924. The van der Waals surface area contributed by atoms with E-state index in [0.717, 1.165) is 30.2 Å². The summed E-state index contributed by atoms with van der Waals surface area (Å²) in [5.41, 5.74) is 3.15. The highest BCUT2D eigenvalue weighted by molar-refractivity contribution is 8.00. The molecule has 0 saturated carbocycles. The van der Waals surface area contributed by atoms with Gasteiger partial charge >= 0.3 is 5.91 Å². The first-order valence-corrected chi connectivity index (χ1v) is 7.53. The summed E-state index contributed by atoms with van der Waals surface area (Å²) in [4.78, 5) is 13.9. The Morgan fingerprint density at radius 3 is 3.05 bits per heavy atom. The fourth-order valence-electron chi connectivity index (χ4n) is 2.30. The van der Waals surface area contributed by atoms with Gasteiger partial charge in [0.1, 0.15) is 5.76 Å². The summed E-state index contributed by atoms with van der Waals surface area (Å²) in [6.45, 7) is 8.28. The van der Waals surface area contributed by atoms with Gasteiger partial charge in [-0.15, -0.1) is 0 Å². The highest BCUT2D eigenvalue weighted by atomic mass is 32.2. The first-order valence-electron chi connectivity index (χ1n) is 6.49. The van der Waals surface area contributed by atoms with E-state index in [9.17, 15) is 4.79 Å². The van der Waals surface area contributed by atoms with Gasteiger partial charge < -0.3 is 4.42 Å². The molecule has 2 unspecified atom stereocenters. The van der Waals surface area contributed by atoms with Gasteiger partial charge in [0.2, 0.25) is 0 Å². The second kappa shape index (κ2) is 5.98. The lowest BCUT2D eigenvalue weighted by Gasteiger charge is -2.37. The number of carbonyl (C=O) groups excluding carboxylic acids is 1. The second-order valence-corrected chi connectivity index (χ2v) is 6.44. The molecule has 1 aromatic heterocycles. The SMILES string of the molecule is Cc1oc(C(=O)NN)cc1CN1CCSC(C)C1C. The minimum Gasteiger partial charge on any atom is -0.456 e. The molecular formula is C13H21N3O2S. The summed E-state index contributed by atoms with van der Waals surface area (Å²) in [5, 5.41) is 0.632. The first-order chi connectivity index (χ1) is 9.02. The van der Waals surface area contributed by atoms with Crippen molar-refractivity contribution < 1.29 is 9.21 Å². The maximum absolute atomic E-state index is 11.4. The number of thioether (sulfide) groups is 1. The summed E-state index contributed by atoms with van der Waals surface area (Å²) in [6.07, 6.45) is 0. The number of carbonyl (C=O) groups is 1. The molecule has 5 nitrogen and oxygen atoms in total. The van der Waals surface area contributed by atoms with Crippen LogP contribution in [0.3, 0.4) is 0 Å². The van der Waals surface area contributed by atoms with E-state index in [4.69, 9.17) is 10.3 Å². The number of aryl methyl sites for hydroxylation is 1. The maximum Gasteiger partial charge on any atom is 0.300 e. The van der Waals surface area contributed by atoms with E-state index in [2.05, 4.69) is 24.2 Å². The third-order valence-corrected chi connectivity index (χ3v) is 5.10. The smallest absolute Gasteiger partial charge is 0.300 e. The van der Waals surface area contributed by atoms with Gasteiger partial charge in [0.25, 0.3) is 0 Å². The van der Waals surface area contributed by atoms with E-state index in [1.807, 2.05) is 18.7 Å². The Hall–Kier alpha value is -0.980. The number of furan rings is 1. The Kier molecular flexibility index (Phi) is 4.54. The Balaban J connectivity index is 2.10. The molecule has 2 atom stereocenters. The summed E-state index contributed by atoms with van der Waals surface area (Å²) in [7, 11) is 0. The van der Waals surface area contributed by atoms with Crippen molar-refractivity contribution >= 4 is 17.7 Å². The number of hydrazine groups is 1. The van der Waals surface area contributed by atoms with E-state index in [1.54, 1.807) is 6.07 Å². The zero-order chi connectivity index (χ0) is 14.0. The number of nitrogens with one attached hydrogen (secondary N) is 1. The molecule has 19 heavy (non-hydrogen) atoms. The van der Waals surface area contributed by atoms with Crippen molar-refractivity contribution in [2.75, 3.05) is 12.3 Å². The fraction of sp³-hybridized carbons (Fsp3) is 0.615. The first kappa shape index (κ1) is 14.4. The number of nitrogens with zero attached hydrogens (tertiary/aromatic N) is 1. The van der Waals surface area contributed by atoms with Gasteiger partial charge in [-0.25, -0.2) is 5.84 Å². The van der Waals surface area contributed by atoms with Crippen LogP contribution in [-0.2, 0) is 6.54 Å². The van der Waals surface area contributed by atoms with Crippen LogP contribution >= 0.6 is 11.8 Å². The predicted octanol–water partition coefficient (Wildman–Crippen LogP) is 1.52. The van der Waals surface area contributed by atoms with Crippen LogP contribution in [-0.4, -0.2) is 34.4 Å². The highest BCUT2D eigenvalue weighted by Crippen LogP contribution is 2.27. The fourth-order valence-corrected chi connectivity index (χ4v) is 3.46. The molecule has 1 saturated heterocycles. The highest BCUT2D eigenvalue weighted by Gasteiger charge is 2.26. The Bertz CT molecular complexity index is 461. The topological polar surface area (TPSA) is 71.5 Å². The standard InChI is InChI=1S/C13H21N3O2S/c1-8-10(3)19-5-4-16(8)7-11-6-12(13(17)15-14)18-9(11)2/h6,8,10H,4-5,7,14H2,1-3H3,(H,15,17). The van der Waals surface area contributed by atoms with Crippen molar-refractivity contribution in [3.8, 4) is 0 Å². The third kappa shape index (κ3) is 3.13. The van der Waals surface area contributed by atoms with E-state index in [-0.39, 0.29) is 11.7 Å². The molecule has 1 aliphatic rings. The van der Waals surface area contributed by atoms with E-state index in [1.165, 1.54) is 0 Å². The minimum atomic E-state index is -0.384. The summed E-state index contributed by atoms with van der Waals surface area (Å²) in [5.74, 6) is 6.95. The third-order valence-electron chi connectivity index (χ3n) is 3.76. The molecule has 1 fully saturated rings. The zero-order valence-corrected chi connectivity index (χ0v) is 12.4. The van der Waals surface area contributed by atoms with Gasteiger partial charge in [-0.1, -0.05) is 6.92 Å². The van der Waals surface area contributed by atoms with Crippen molar-refractivity contribution in [2.24, 2.45) is 5.84 Å². The van der Waals surface area contributed by atoms with Gasteiger partial charge in [-0.05, 0) is 19.9 Å². The monoisotopic (exact) mass is 283 g/mol. The van der Waals surface area contributed by atoms with Crippen LogP contribution in [0.4, 0.5) is 0 Å². The van der Waals surface area contributed by atoms with E-state index >= 15 is 0 Å². The van der Waals surface area contributed by atoms with E-state index in [0.29, 0.717) is 11.3 Å². The summed E-state index contributed by atoms with van der Waals surface area (Å²) in [6, 6.07) is 2.32. The van der Waals surface area contributed by atoms with Gasteiger partial charge in [0.15, 0.2) is 5.76 Å². The summed E-state index contributed by atoms with van der Waals surface area (Å²) < 4.78 is 5.45. The Morgan fingerprint density at radius 1 is 1.63 bits per heavy atom. The average Bonchev–Trinajstić information content (AvgIpc) is 2.75. The van der Waals surface area contributed by atoms with Crippen LogP contribution in [0.5, 0.6) is 0 Å². The van der Waals surface area contributed by atoms with Crippen molar-refractivity contribution in [1.29, 1.82) is 0 Å². The normalized spacial score (nSPS) is 24.4. The zero-order valence-electron chi connectivity index (χ0n) is 11.6.